The molecule has 0 fully saturated rings. The van der Waals surface area contributed by atoms with Crippen LogP contribution in [0.15, 0.2) is 12.1 Å². The Labute approximate surface area is 115 Å². The van der Waals surface area contributed by atoms with Gasteiger partial charge in [-0.15, -0.1) is 0 Å². The topological polar surface area (TPSA) is 52.6 Å². The molecule has 1 heterocycles. The van der Waals surface area contributed by atoms with Gasteiger partial charge in [0.25, 0.3) is 5.91 Å². The van der Waals surface area contributed by atoms with Gasteiger partial charge in [-0.25, -0.2) is 0 Å². The van der Waals surface area contributed by atoms with Crippen molar-refractivity contribution in [3.05, 3.63) is 22.7 Å². The van der Waals surface area contributed by atoms with Crippen molar-refractivity contribution >= 4 is 40.6 Å². The molecule has 1 aromatic carbocycles. The second kappa shape index (κ2) is 5.38. The smallest absolute Gasteiger partial charge is 0.257 e. The van der Waals surface area contributed by atoms with E-state index >= 15 is 0 Å². The first kappa shape index (κ1) is 13.5. The highest BCUT2D eigenvalue weighted by Crippen LogP contribution is 2.38. The number of aliphatic hydroxyl groups excluding tert-OH is 1. The Morgan fingerprint density at radius 3 is 2.94 bits per heavy atom. The lowest BCUT2D eigenvalue weighted by molar-refractivity contribution is -0.123. The second-order valence-electron chi connectivity index (χ2n) is 4.20. The number of amides is 1. The van der Waals surface area contributed by atoms with Crippen molar-refractivity contribution in [1.29, 1.82) is 0 Å². The first-order valence-corrected chi connectivity index (χ1v) is 7.34. The molecule has 1 unspecified atom stereocenters. The molecule has 1 aromatic rings. The van der Waals surface area contributed by atoms with Gasteiger partial charge in [-0.1, -0.05) is 11.6 Å². The van der Waals surface area contributed by atoms with Gasteiger partial charge in [0, 0.05) is 30.6 Å². The van der Waals surface area contributed by atoms with Crippen LogP contribution in [0.5, 0.6) is 0 Å². The van der Waals surface area contributed by atoms with E-state index in [0.29, 0.717) is 16.3 Å². The number of nitrogens with zero attached hydrogens (tertiary/aromatic N) is 1. The van der Waals surface area contributed by atoms with E-state index in [-0.39, 0.29) is 0 Å². The van der Waals surface area contributed by atoms with Crippen LogP contribution < -0.4 is 10.2 Å². The number of carbonyl (C=O) groups excluding carboxylic acids is 1. The summed E-state index contributed by atoms with van der Waals surface area (Å²) in [7, 11) is 1.96. The summed E-state index contributed by atoms with van der Waals surface area (Å²) in [5, 5.41) is 12.9. The standard InChI is InChI=1S/C12H15ClN2O2S/c1-15(3-4-18-2)10-6-9-7(5-8(10)13)11(16)12(17)14-9/h5-6,11,16H,3-4H2,1-2H3,(H,14,17). The molecule has 4 nitrogen and oxygen atoms in total. The molecular weight excluding hydrogens is 272 g/mol. The van der Waals surface area contributed by atoms with Gasteiger partial charge in [0.05, 0.1) is 10.7 Å². The van der Waals surface area contributed by atoms with Crippen molar-refractivity contribution in [2.45, 2.75) is 6.10 Å². The van der Waals surface area contributed by atoms with Crippen molar-refractivity contribution in [3.8, 4) is 0 Å². The lowest BCUT2D eigenvalue weighted by Crippen LogP contribution is -2.20. The van der Waals surface area contributed by atoms with E-state index in [1.54, 1.807) is 17.8 Å². The minimum atomic E-state index is -1.11. The van der Waals surface area contributed by atoms with Crippen LogP contribution in [0, 0.1) is 0 Å². The van der Waals surface area contributed by atoms with Crippen LogP contribution in [0.1, 0.15) is 11.7 Å². The number of nitrogens with one attached hydrogen (secondary N) is 1. The Hall–Kier alpha value is -0.910. The number of hydrogen-bond donors (Lipinski definition) is 2. The maximum Gasteiger partial charge on any atom is 0.257 e. The number of hydrogen-bond acceptors (Lipinski definition) is 4. The highest BCUT2D eigenvalue weighted by atomic mass is 35.5. The average molecular weight is 287 g/mol. The first-order chi connectivity index (χ1) is 8.54. The van der Waals surface area contributed by atoms with E-state index in [9.17, 15) is 9.90 Å². The molecule has 0 radical (unpaired) electrons. The quantitative estimate of drug-likeness (QED) is 0.890. The van der Waals surface area contributed by atoms with Crippen molar-refractivity contribution in [2.24, 2.45) is 0 Å². The molecule has 1 aliphatic heterocycles. The molecule has 1 aliphatic rings. The summed E-state index contributed by atoms with van der Waals surface area (Å²) in [6.45, 7) is 0.871. The molecule has 0 saturated carbocycles. The van der Waals surface area contributed by atoms with Gasteiger partial charge in [0.1, 0.15) is 0 Å². The maximum absolute atomic E-state index is 11.4. The Balaban J connectivity index is 2.29. The van der Waals surface area contributed by atoms with Crippen LogP contribution in [0.3, 0.4) is 0 Å². The lowest BCUT2D eigenvalue weighted by Gasteiger charge is -2.21. The van der Waals surface area contributed by atoms with Crippen molar-refractivity contribution in [1.82, 2.24) is 0 Å². The number of fused-ring (bicyclic) bond motifs is 1. The van der Waals surface area contributed by atoms with Crippen LogP contribution in [0.4, 0.5) is 11.4 Å². The maximum atomic E-state index is 11.4. The summed E-state index contributed by atoms with van der Waals surface area (Å²) in [4.78, 5) is 13.4. The molecule has 0 aliphatic carbocycles. The molecular formula is C12H15ClN2O2S. The summed E-state index contributed by atoms with van der Waals surface area (Å²) >= 11 is 7.96. The SMILES string of the molecule is CSCCN(C)c1cc2c(cc1Cl)C(O)C(=O)N2. The summed E-state index contributed by atoms with van der Waals surface area (Å²) in [5.74, 6) is 0.601. The number of halogens is 1. The van der Waals surface area contributed by atoms with Gasteiger partial charge >= 0.3 is 0 Å². The molecule has 1 atom stereocenters. The van der Waals surface area contributed by atoms with Gasteiger partial charge in [-0.3, -0.25) is 4.79 Å². The number of thioether (sulfide) groups is 1. The Bertz CT molecular complexity index is 481. The third kappa shape index (κ3) is 2.43. The zero-order valence-electron chi connectivity index (χ0n) is 10.2. The van der Waals surface area contributed by atoms with E-state index in [1.165, 1.54) is 0 Å². The van der Waals surface area contributed by atoms with Gasteiger partial charge in [-0.05, 0) is 18.4 Å². The number of benzene rings is 1. The molecule has 1 amide bonds. The molecule has 0 bridgehead atoms. The van der Waals surface area contributed by atoms with Crippen molar-refractivity contribution < 1.29 is 9.90 Å². The van der Waals surface area contributed by atoms with Crippen LogP contribution in [-0.4, -0.2) is 36.6 Å². The summed E-state index contributed by atoms with van der Waals surface area (Å²) in [6, 6.07) is 3.47. The Kier molecular flexibility index (Phi) is 4.04. The van der Waals surface area contributed by atoms with Crippen LogP contribution in [0.25, 0.3) is 0 Å². The highest BCUT2D eigenvalue weighted by Gasteiger charge is 2.29. The fourth-order valence-corrected chi connectivity index (χ4v) is 2.67. The van der Waals surface area contributed by atoms with Gasteiger partial charge < -0.3 is 15.3 Å². The molecule has 2 rings (SSSR count). The second-order valence-corrected chi connectivity index (χ2v) is 5.59. The molecule has 0 spiro atoms. The lowest BCUT2D eigenvalue weighted by atomic mass is 10.1. The van der Waals surface area contributed by atoms with Crippen molar-refractivity contribution in [3.63, 3.8) is 0 Å². The number of anilines is 2. The molecule has 2 N–H and O–H groups in total. The number of carbonyl (C=O) groups is 1. The van der Waals surface area contributed by atoms with E-state index in [2.05, 4.69) is 11.6 Å². The van der Waals surface area contributed by atoms with E-state index in [0.717, 1.165) is 18.0 Å². The van der Waals surface area contributed by atoms with E-state index < -0.39 is 12.0 Å². The number of rotatable bonds is 4. The van der Waals surface area contributed by atoms with E-state index in [1.807, 2.05) is 18.0 Å². The molecule has 18 heavy (non-hydrogen) atoms. The van der Waals surface area contributed by atoms with Gasteiger partial charge in [0.2, 0.25) is 0 Å². The van der Waals surface area contributed by atoms with Crippen LogP contribution in [0.2, 0.25) is 5.02 Å². The summed E-state index contributed by atoms with van der Waals surface area (Å²) in [5.41, 5.74) is 2.05. The fraction of sp³-hybridized carbons (Fsp3) is 0.417. The third-order valence-electron chi connectivity index (χ3n) is 2.96. The third-order valence-corrected chi connectivity index (χ3v) is 3.86. The monoisotopic (exact) mass is 286 g/mol. The van der Waals surface area contributed by atoms with Crippen LogP contribution in [-0.2, 0) is 4.79 Å². The molecule has 0 saturated heterocycles. The van der Waals surface area contributed by atoms with Gasteiger partial charge in [0.15, 0.2) is 6.10 Å². The summed E-state index contributed by atoms with van der Waals surface area (Å²) < 4.78 is 0. The number of aliphatic hydroxyl groups is 1. The molecule has 6 heteroatoms. The Morgan fingerprint density at radius 2 is 2.28 bits per heavy atom. The minimum absolute atomic E-state index is 0.398. The van der Waals surface area contributed by atoms with Crippen LogP contribution >= 0.6 is 23.4 Å². The largest absolute Gasteiger partial charge is 0.378 e. The zero-order valence-corrected chi connectivity index (χ0v) is 11.8. The Morgan fingerprint density at radius 1 is 1.56 bits per heavy atom. The summed E-state index contributed by atoms with van der Waals surface area (Å²) in [6.07, 6.45) is 0.942. The molecule has 98 valence electrons. The van der Waals surface area contributed by atoms with Crippen molar-refractivity contribution in [2.75, 3.05) is 35.8 Å². The predicted octanol–water partition coefficient (Wildman–Crippen LogP) is 2.12. The fourth-order valence-electron chi connectivity index (χ4n) is 1.90. The van der Waals surface area contributed by atoms with E-state index in [4.69, 9.17) is 11.6 Å². The minimum Gasteiger partial charge on any atom is -0.378 e. The molecule has 0 aromatic heterocycles. The highest BCUT2D eigenvalue weighted by molar-refractivity contribution is 7.98. The van der Waals surface area contributed by atoms with Gasteiger partial charge in [-0.2, -0.15) is 11.8 Å². The average Bonchev–Trinajstić information content (AvgIpc) is 2.62. The normalized spacial score (nSPS) is 17.6. The first-order valence-electron chi connectivity index (χ1n) is 5.57. The zero-order chi connectivity index (χ0) is 13.3. The predicted molar refractivity (Wildman–Crippen MR) is 76.7 cm³/mol.